The first-order chi connectivity index (χ1) is 15.6. The van der Waals surface area contributed by atoms with E-state index >= 15 is 0 Å². The smallest absolute Gasteiger partial charge is 0.491 e. The highest BCUT2D eigenvalue weighted by molar-refractivity contribution is 7.89. The highest BCUT2D eigenvalue weighted by atomic mass is 32.2. The van der Waals surface area contributed by atoms with Crippen molar-refractivity contribution in [2.75, 3.05) is 25.1 Å². The summed E-state index contributed by atoms with van der Waals surface area (Å²) in [4.78, 5) is 11.8. The number of nitrogens with one attached hydrogen (secondary N) is 2. The third kappa shape index (κ3) is 8.22. The monoisotopic (exact) mass is 488 g/mol. The molecule has 3 rings (SSSR count). The van der Waals surface area contributed by atoms with Gasteiger partial charge in [-0.3, -0.25) is 4.79 Å². The predicted octanol–water partition coefficient (Wildman–Crippen LogP) is 3.45. The quantitative estimate of drug-likeness (QED) is 0.531. The molecule has 12 heteroatoms. The van der Waals surface area contributed by atoms with Crippen LogP contribution in [-0.4, -0.2) is 46.5 Å². The second kappa shape index (κ2) is 10.9. The molecule has 2 aromatic rings. The van der Waals surface area contributed by atoms with Crippen LogP contribution in [0, 0.1) is 0 Å². The summed E-state index contributed by atoms with van der Waals surface area (Å²) in [5.41, 5.74) is 0.521. The zero-order valence-electron chi connectivity index (χ0n) is 17.4. The van der Waals surface area contributed by atoms with Gasteiger partial charge in [-0.05, 0) is 61.4 Å². The topological polar surface area (TPSA) is 103 Å². The molecule has 1 heterocycles. The number of anilines is 1. The van der Waals surface area contributed by atoms with Crippen LogP contribution in [0.4, 0.5) is 18.9 Å². The third-order valence-electron chi connectivity index (χ3n) is 4.61. The molecule has 0 aliphatic carbocycles. The van der Waals surface area contributed by atoms with E-state index in [2.05, 4.69) is 14.8 Å². The number of halogens is 3. The molecule has 1 aliphatic rings. The molecule has 1 fully saturated rings. The van der Waals surface area contributed by atoms with Gasteiger partial charge in [0.1, 0.15) is 18.1 Å². The second-order valence-electron chi connectivity index (χ2n) is 7.19. The van der Waals surface area contributed by atoms with Gasteiger partial charge >= 0.3 is 6.36 Å². The maximum absolute atomic E-state index is 12.2. The fourth-order valence-corrected chi connectivity index (χ4v) is 4.06. The average Bonchev–Trinajstić information content (AvgIpc) is 3.26. The van der Waals surface area contributed by atoms with Crippen molar-refractivity contribution in [3.8, 4) is 11.5 Å². The van der Waals surface area contributed by atoms with E-state index in [9.17, 15) is 26.4 Å². The lowest BCUT2D eigenvalue weighted by atomic mass is 10.2. The zero-order valence-corrected chi connectivity index (χ0v) is 18.2. The minimum absolute atomic E-state index is 0.0966. The molecule has 1 amide bonds. The Hall–Kier alpha value is -2.83. The molecule has 0 aromatic heterocycles. The van der Waals surface area contributed by atoms with Crippen LogP contribution in [-0.2, 0) is 19.6 Å². The number of rotatable bonds is 10. The molecule has 1 unspecified atom stereocenters. The summed E-state index contributed by atoms with van der Waals surface area (Å²) in [5.74, 6) is -0.313. The molecule has 2 N–H and O–H groups in total. The Labute approximate surface area is 189 Å². The lowest BCUT2D eigenvalue weighted by molar-refractivity contribution is -0.274. The second-order valence-corrected chi connectivity index (χ2v) is 8.95. The summed E-state index contributed by atoms with van der Waals surface area (Å²) in [6, 6.07) is 10.5. The summed E-state index contributed by atoms with van der Waals surface area (Å²) in [7, 11) is -4.00. The van der Waals surface area contributed by atoms with Gasteiger partial charge in [-0.2, -0.15) is 0 Å². The van der Waals surface area contributed by atoms with Gasteiger partial charge in [-0.1, -0.05) is 0 Å². The van der Waals surface area contributed by atoms with Crippen molar-refractivity contribution >= 4 is 21.6 Å². The van der Waals surface area contributed by atoms with E-state index < -0.39 is 28.0 Å². The van der Waals surface area contributed by atoms with E-state index in [1.54, 1.807) is 24.3 Å². The van der Waals surface area contributed by atoms with Crippen molar-refractivity contribution in [2.24, 2.45) is 0 Å². The highest BCUT2D eigenvalue weighted by Crippen LogP contribution is 2.24. The van der Waals surface area contributed by atoms with Crippen molar-refractivity contribution in [1.82, 2.24) is 4.72 Å². The number of amides is 1. The first-order valence-electron chi connectivity index (χ1n) is 10.1. The summed E-state index contributed by atoms with van der Waals surface area (Å²) in [5, 5.41) is 2.64. The van der Waals surface area contributed by atoms with E-state index in [1.807, 2.05) is 0 Å². The molecule has 2 aromatic carbocycles. The van der Waals surface area contributed by atoms with Crippen LogP contribution in [0.3, 0.4) is 0 Å². The van der Waals surface area contributed by atoms with Crippen LogP contribution in [0.5, 0.6) is 11.5 Å². The Balaban J connectivity index is 1.41. The fraction of sp³-hybridized carbons (Fsp3) is 0.381. The van der Waals surface area contributed by atoms with Crippen molar-refractivity contribution < 1.29 is 40.6 Å². The summed E-state index contributed by atoms with van der Waals surface area (Å²) in [6.45, 7) is 1.01. The van der Waals surface area contributed by atoms with Crippen LogP contribution in [0.25, 0.3) is 0 Å². The number of carbonyl (C=O) groups excluding carboxylic acids is 1. The number of hydrogen-bond donors (Lipinski definition) is 2. The minimum Gasteiger partial charge on any atom is -0.491 e. The van der Waals surface area contributed by atoms with Gasteiger partial charge in [-0.25, -0.2) is 13.1 Å². The Morgan fingerprint density at radius 1 is 1.06 bits per heavy atom. The molecule has 0 saturated carbocycles. The van der Waals surface area contributed by atoms with Crippen molar-refractivity contribution in [1.29, 1.82) is 0 Å². The predicted molar refractivity (Wildman–Crippen MR) is 112 cm³/mol. The standard InChI is InChI=1S/C21H23F3N2O6S/c22-21(23,24)32-17-7-9-19(10-8-17)33(28,29)25-12-11-20(27)26-15-3-5-16(6-4-15)31-14-18-2-1-13-30-18/h3-10,18,25H,1-2,11-14H2,(H,26,27). The van der Waals surface area contributed by atoms with Crippen molar-refractivity contribution in [3.05, 3.63) is 48.5 Å². The van der Waals surface area contributed by atoms with Crippen LogP contribution < -0.4 is 19.5 Å². The average molecular weight is 488 g/mol. The maximum Gasteiger partial charge on any atom is 0.573 e. The largest absolute Gasteiger partial charge is 0.573 e. The van der Waals surface area contributed by atoms with Gasteiger partial charge in [0.05, 0.1) is 11.0 Å². The Kier molecular flexibility index (Phi) is 8.16. The number of alkyl halides is 3. The molecule has 0 radical (unpaired) electrons. The van der Waals surface area contributed by atoms with Gasteiger partial charge < -0.3 is 19.5 Å². The normalized spacial score (nSPS) is 16.4. The van der Waals surface area contributed by atoms with Gasteiger partial charge in [0.2, 0.25) is 15.9 Å². The molecule has 1 saturated heterocycles. The number of sulfonamides is 1. The Morgan fingerprint density at radius 3 is 2.33 bits per heavy atom. The van der Waals surface area contributed by atoms with E-state index in [0.29, 0.717) is 18.0 Å². The summed E-state index contributed by atoms with van der Waals surface area (Å²) in [6.07, 6.45) is -2.93. The van der Waals surface area contributed by atoms with Gasteiger partial charge in [0.25, 0.3) is 0 Å². The molecule has 0 bridgehead atoms. The van der Waals surface area contributed by atoms with E-state index in [0.717, 1.165) is 43.7 Å². The first-order valence-corrected chi connectivity index (χ1v) is 11.6. The van der Waals surface area contributed by atoms with E-state index in [-0.39, 0.29) is 24.0 Å². The molecular weight excluding hydrogens is 465 g/mol. The molecule has 8 nitrogen and oxygen atoms in total. The molecule has 1 aliphatic heterocycles. The van der Waals surface area contributed by atoms with Crippen LogP contribution >= 0.6 is 0 Å². The lowest BCUT2D eigenvalue weighted by Gasteiger charge is -2.12. The number of carbonyl (C=O) groups is 1. The molecular formula is C21H23F3N2O6S. The summed E-state index contributed by atoms with van der Waals surface area (Å²) >= 11 is 0. The Morgan fingerprint density at radius 2 is 1.73 bits per heavy atom. The number of benzene rings is 2. The van der Waals surface area contributed by atoms with Gasteiger partial charge in [-0.15, -0.1) is 13.2 Å². The van der Waals surface area contributed by atoms with Crippen molar-refractivity contribution in [2.45, 2.75) is 36.6 Å². The minimum atomic E-state index is -4.87. The first kappa shape index (κ1) is 24.8. The van der Waals surface area contributed by atoms with E-state index in [1.165, 1.54) is 0 Å². The molecule has 33 heavy (non-hydrogen) atoms. The number of hydrogen-bond acceptors (Lipinski definition) is 6. The Bertz CT molecular complexity index is 1020. The van der Waals surface area contributed by atoms with Gasteiger partial charge in [0, 0.05) is 25.3 Å². The van der Waals surface area contributed by atoms with Gasteiger partial charge in [0.15, 0.2) is 0 Å². The van der Waals surface area contributed by atoms with Crippen LogP contribution in [0.1, 0.15) is 19.3 Å². The third-order valence-corrected chi connectivity index (χ3v) is 6.09. The SMILES string of the molecule is O=C(CCNS(=O)(=O)c1ccc(OC(F)(F)F)cc1)Nc1ccc(OCC2CCCO2)cc1. The maximum atomic E-state index is 12.2. The molecule has 1 atom stereocenters. The number of ether oxygens (including phenoxy) is 3. The van der Waals surface area contributed by atoms with Crippen molar-refractivity contribution in [3.63, 3.8) is 0 Å². The van der Waals surface area contributed by atoms with E-state index in [4.69, 9.17) is 9.47 Å². The van der Waals surface area contributed by atoms with Crippen LogP contribution in [0.2, 0.25) is 0 Å². The molecule has 180 valence electrons. The summed E-state index contributed by atoms with van der Waals surface area (Å²) < 4.78 is 78.1. The highest BCUT2D eigenvalue weighted by Gasteiger charge is 2.31. The zero-order chi connectivity index (χ0) is 23.9. The molecule has 0 spiro atoms. The fourth-order valence-electron chi connectivity index (χ4n) is 3.03. The van der Waals surface area contributed by atoms with Crippen LogP contribution in [0.15, 0.2) is 53.4 Å². The lowest BCUT2D eigenvalue weighted by Crippen LogP contribution is -2.27.